The van der Waals surface area contributed by atoms with E-state index in [1.165, 1.54) is 56.6 Å². The predicted molar refractivity (Wildman–Crippen MR) is 105 cm³/mol. The third-order valence-electron chi connectivity index (χ3n) is 6.40. The number of rotatable bonds is 5. The van der Waals surface area contributed by atoms with Gasteiger partial charge in [0.15, 0.2) is 0 Å². The summed E-state index contributed by atoms with van der Waals surface area (Å²) in [5.74, 6) is 1.54. The summed E-state index contributed by atoms with van der Waals surface area (Å²) >= 11 is 0. The van der Waals surface area contributed by atoms with Crippen LogP contribution in [0.3, 0.4) is 0 Å². The van der Waals surface area contributed by atoms with Gasteiger partial charge < -0.3 is 9.80 Å². The van der Waals surface area contributed by atoms with Crippen LogP contribution < -0.4 is 0 Å². The number of hydrogen-bond acceptors (Lipinski definition) is 3. The summed E-state index contributed by atoms with van der Waals surface area (Å²) in [5.41, 5.74) is 2.89. The van der Waals surface area contributed by atoms with Gasteiger partial charge in [0, 0.05) is 51.7 Å². The summed E-state index contributed by atoms with van der Waals surface area (Å²) in [4.78, 5) is 19.2. The third-order valence-corrected chi connectivity index (χ3v) is 6.40. The van der Waals surface area contributed by atoms with Crippen molar-refractivity contribution in [2.75, 3.05) is 46.3 Å². The van der Waals surface area contributed by atoms with Crippen molar-refractivity contribution >= 4 is 5.91 Å². The molecule has 2 heterocycles. The number of carbonyl (C=O) groups is 1. The van der Waals surface area contributed by atoms with Crippen molar-refractivity contribution in [3.63, 3.8) is 0 Å². The number of piperidine rings is 1. The fraction of sp³-hybridized carbons (Fsp3) is 0.682. The summed E-state index contributed by atoms with van der Waals surface area (Å²) in [6.45, 7) is 7.74. The topological polar surface area (TPSA) is 26.8 Å². The van der Waals surface area contributed by atoms with Crippen LogP contribution >= 0.6 is 0 Å². The molecule has 2 aliphatic heterocycles. The Morgan fingerprint density at radius 2 is 1.50 bits per heavy atom. The van der Waals surface area contributed by atoms with Crippen molar-refractivity contribution in [1.82, 2.24) is 14.7 Å². The zero-order chi connectivity index (χ0) is 17.9. The fourth-order valence-electron chi connectivity index (χ4n) is 4.32. The molecule has 0 unspecified atom stereocenters. The Kier molecular flexibility index (Phi) is 5.60. The monoisotopic (exact) mass is 355 g/mol. The average molecular weight is 356 g/mol. The van der Waals surface area contributed by atoms with Gasteiger partial charge in [-0.25, -0.2) is 0 Å². The molecule has 0 aromatic heterocycles. The minimum atomic E-state index is 0.374. The van der Waals surface area contributed by atoms with Crippen molar-refractivity contribution in [3.8, 4) is 0 Å². The van der Waals surface area contributed by atoms with Gasteiger partial charge in [0.05, 0.1) is 0 Å². The molecule has 1 aromatic carbocycles. The second-order valence-electron chi connectivity index (χ2n) is 8.64. The number of nitrogens with zero attached hydrogens (tertiary/aromatic N) is 3. The normalized spacial score (nSPS) is 23.3. The molecule has 1 amide bonds. The molecule has 1 aliphatic carbocycles. The lowest BCUT2D eigenvalue weighted by atomic mass is 9.89. The molecule has 4 nitrogen and oxygen atoms in total. The fourth-order valence-corrected chi connectivity index (χ4v) is 4.32. The maximum absolute atomic E-state index is 12.2. The largest absolute Gasteiger partial charge is 0.342 e. The number of amides is 1. The van der Waals surface area contributed by atoms with E-state index in [-0.39, 0.29) is 0 Å². The minimum absolute atomic E-state index is 0.374. The standard InChI is InChI=1S/C22H33N3O/c1-23-12-14-24(15-13-23)17-20-4-2-18(3-5-20)16-19-8-10-25(11-9-19)22(26)21-6-7-21/h2-5,19,21H,6-17H2,1H3. The Morgan fingerprint density at radius 3 is 2.12 bits per heavy atom. The van der Waals surface area contributed by atoms with E-state index in [1.54, 1.807) is 0 Å². The Labute approximate surface area is 158 Å². The van der Waals surface area contributed by atoms with E-state index < -0.39 is 0 Å². The molecule has 2 saturated heterocycles. The lowest BCUT2D eigenvalue weighted by Gasteiger charge is -2.32. The summed E-state index contributed by atoms with van der Waals surface area (Å²) < 4.78 is 0. The summed E-state index contributed by atoms with van der Waals surface area (Å²) in [7, 11) is 2.21. The van der Waals surface area contributed by atoms with Gasteiger partial charge >= 0.3 is 0 Å². The molecule has 4 rings (SSSR count). The van der Waals surface area contributed by atoms with Crippen LogP contribution in [-0.2, 0) is 17.8 Å². The van der Waals surface area contributed by atoms with Crippen LogP contribution in [0.5, 0.6) is 0 Å². The van der Waals surface area contributed by atoms with E-state index in [4.69, 9.17) is 0 Å². The van der Waals surface area contributed by atoms with E-state index in [9.17, 15) is 4.79 Å². The van der Waals surface area contributed by atoms with E-state index in [0.29, 0.717) is 11.8 Å². The van der Waals surface area contributed by atoms with Crippen molar-refractivity contribution in [1.29, 1.82) is 0 Å². The lowest BCUT2D eigenvalue weighted by Crippen LogP contribution is -2.43. The Balaban J connectivity index is 1.22. The molecule has 0 bridgehead atoms. The van der Waals surface area contributed by atoms with Crippen molar-refractivity contribution in [2.24, 2.45) is 11.8 Å². The van der Waals surface area contributed by atoms with Gasteiger partial charge in [-0.2, -0.15) is 0 Å². The number of benzene rings is 1. The smallest absolute Gasteiger partial charge is 0.225 e. The number of likely N-dealkylation sites (tertiary alicyclic amines) is 1. The van der Waals surface area contributed by atoms with Gasteiger partial charge in [-0.15, -0.1) is 0 Å². The van der Waals surface area contributed by atoms with Crippen molar-refractivity contribution in [3.05, 3.63) is 35.4 Å². The first kappa shape index (κ1) is 18.0. The highest BCUT2D eigenvalue weighted by molar-refractivity contribution is 5.81. The molecular formula is C22H33N3O. The van der Waals surface area contributed by atoms with Gasteiger partial charge in [0.1, 0.15) is 0 Å². The van der Waals surface area contributed by atoms with Crippen LogP contribution in [-0.4, -0.2) is 66.9 Å². The van der Waals surface area contributed by atoms with Crippen LogP contribution in [0.4, 0.5) is 0 Å². The van der Waals surface area contributed by atoms with Gasteiger partial charge in [-0.1, -0.05) is 24.3 Å². The molecule has 1 saturated carbocycles. The highest BCUT2D eigenvalue weighted by Gasteiger charge is 2.34. The molecule has 0 N–H and O–H groups in total. The molecule has 3 fully saturated rings. The number of carbonyl (C=O) groups excluding carboxylic acids is 1. The Hall–Kier alpha value is -1.39. The van der Waals surface area contributed by atoms with Gasteiger partial charge in [0.2, 0.25) is 5.91 Å². The van der Waals surface area contributed by atoms with Gasteiger partial charge in [-0.3, -0.25) is 9.69 Å². The second kappa shape index (κ2) is 8.10. The third kappa shape index (κ3) is 4.66. The van der Waals surface area contributed by atoms with Crippen LogP contribution in [0.25, 0.3) is 0 Å². The molecule has 0 atom stereocenters. The van der Waals surface area contributed by atoms with Crippen molar-refractivity contribution < 1.29 is 4.79 Å². The zero-order valence-corrected chi connectivity index (χ0v) is 16.2. The quantitative estimate of drug-likeness (QED) is 0.812. The second-order valence-corrected chi connectivity index (χ2v) is 8.64. The van der Waals surface area contributed by atoms with Crippen LogP contribution in [0.1, 0.15) is 36.8 Å². The SMILES string of the molecule is CN1CCN(Cc2ccc(CC3CCN(C(=O)C4CC4)CC3)cc2)CC1. The van der Waals surface area contributed by atoms with Crippen LogP contribution in [0.2, 0.25) is 0 Å². The number of hydrogen-bond donors (Lipinski definition) is 0. The first-order chi connectivity index (χ1) is 12.7. The molecule has 0 spiro atoms. The molecular weight excluding hydrogens is 322 g/mol. The maximum atomic E-state index is 12.2. The molecule has 142 valence electrons. The number of piperazine rings is 1. The van der Waals surface area contributed by atoms with E-state index in [0.717, 1.165) is 38.4 Å². The predicted octanol–water partition coefficient (Wildman–Crippen LogP) is 2.63. The minimum Gasteiger partial charge on any atom is -0.342 e. The van der Waals surface area contributed by atoms with Gasteiger partial charge in [-0.05, 0) is 56.2 Å². The highest BCUT2D eigenvalue weighted by Crippen LogP contribution is 2.33. The molecule has 26 heavy (non-hydrogen) atoms. The Morgan fingerprint density at radius 1 is 0.885 bits per heavy atom. The van der Waals surface area contributed by atoms with Crippen LogP contribution in [0.15, 0.2) is 24.3 Å². The zero-order valence-electron chi connectivity index (χ0n) is 16.2. The van der Waals surface area contributed by atoms with E-state index >= 15 is 0 Å². The van der Waals surface area contributed by atoms with E-state index in [1.807, 2.05) is 0 Å². The van der Waals surface area contributed by atoms with Crippen LogP contribution in [0, 0.1) is 11.8 Å². The maximum Gasteiger partial charge on any atom is 0.225 e. The molecule has 3 aliphatic rings. The van der Waals surface area contributed by atoms with E-state index in [2.05, 4.69) is 46.0 Å². The summed E-state index contributed by atoms with van der Waals surface area (Å²) in [6.07, 6.45) is 5.75. The summed E-state index contributed by atoms with van der Waals surface area (Å²) in [5, 5.41) is 0. The van der Waals surface area contributed by atoms with Crippen molar-refractivity contribution in [2.45, 2.75) is 38.6 Å². The lowest BCUT2D eigenvalue weighted by molar-refractivity contribution is -0.133. The average Bonchev–Trinajstić information content (AvgIpc) is 3.51. The number of likely N-dealkylation sites (N-methyl/N-ethyl adjacent to an activating group) is 1. The molecule has 0 radical (unpaired) electrons. The van der Waals surface area contributed by atoms with Gasteiger partial charge in [0.25, 0.3) is 0 Å². The highest BCUT2D eigenvalue weighted by atomic mass is 16.2. The molecule has 1 aromatic rings. The first-order valence-electron chi connectivity index (χ1n) is 10.4. The molecule has 4 heteroatoms. The Bertz CT molecular complexity index is 594. The first-order valence-corrected chi connectivity index (χ1v) is 10.4. The summed E-state index contributed by atoms with van der Waals surface area (Å²) in [6, 6.07) is 9.29.